The molecule has 0 atom stereocenters. The van der Waals surface area contributed by atoms with Crippen LogP contribution in [0.1, 0.15) is 66.7 Å². The predicted molar refractivity (Wildman–Crippen MR) is 239 cm³/mol. The van der Waals surface area contributed by atoms with Crippen molar-refractivity contribution in [2.45, 2.75) is 57.9 Å². The quantitative estimate of drug-likeness (QED) is 0.119. The van der Waals surface area contributed by atoms with Crippen LogP contribution in [0, 0.1) is 6.92 Å². The molecule has 3 aliphatic heterocycles. The van der Waals surface area contributed by atoms with Crippen molar-refractivity contribution >= 4 is 40.1 Å². The van der Waals surface area contributed by atoms with E-state index in [1.807, 2.05) is 24.0 Å². The van der Waals surface area contributed by atoms with E-state index in [-0.39, 0.29) is 35.8 Å². The first-order valence-corrected chi connectivity index (χ1v) is 21.0. The number of amides is 4. The number of urea groups is 1. The third-order valence-corrected chi connectivity index (χ3v) is 11.2. The van der Waals surface area contributed by atoms with Crippen LogP contribution in [0.2, 0.25) is 0 Å². The maximum atomic E-state index is 13.1. The van der Waals surface area contributed by atoms with Crippen molar-refractivity contribution in [1.29, 1.82) is 0 Å². The van der Waals surface area contributed by atoms with E-state index in [1.165, 1.54) is 16.1 Å². The van der Waals surface area contributed by atoms with Gasteiger partial charge < -0.3 is 46.3 Å². The number of aromatic hydroxyl groups is 1. The zero-order chi connectivity index (χ0) is 45.0. The predicted octanol–water partition coefficient (Wildman–Crippen LogP) is 5.97. The molecule has 0 saturated carbocycles. The Morgan fingerprint density at radius 3 is 2.31 bits per heavy atom. The van der Waals surface area contributed by atoms with Gasteiger partial charge in [-0.05, 0) is 102 Å². The van der Waals surface area contributed by atoms with Gasteiger partial charge in [-0.25, -0.2) is 13.6 Å². The normalized spacial score (nSPS) is 17.0. The van der Waals surface area contributed by atoms with Crippen molar-refractivity contribution in [2.75, 3.05) is 71.5 Å². The SMILES string of the molecule is CCN(CCOC)C(/C=C(\N)c1ccccc1O)=C(N)N.Cc1cc2c(N3CCC(=O)NC3=O)cccc2n1C1CCN(C)CC1.O=C(c1ccccc1)N1CCCC(F)(F)C1. The number of allylic oxidation sites excluding steroid dienone is 1. The molecule has 4 heterocycles. The Balaban J connectivity index is 0.000000180. The number of aromatic nitrogens is 1. The van der Waals surface area contributed by atoms with E-state index in [0.29, 0.717) is 74.2 Å². The van der Waals surface area contributed by atoms with Gasteiger partial charge in [0.1, 0.15) is 11.6 Å². The number of fused-ring (bicyclic) bond motifs is 1. The number of phenols is 1. The number of para-hydroxylation sites is 1. The number of alkyl halides is 2. The number of carbonyl (C=O) groups is 3. The van der Waals surface area contributed by atoms with Gasteiger partial charge in [-0.3, -0.25) is 19.8 Å². The van der Waals surface area contributed by atoms with Gasteiger partial charge >= 0.3 is 6.03 Å². The van der Waals surface area contributed by atoms with Crippen LogP contribution in [0.15, 0.2) is 96.5 Å². The lowest BCUT2D eigenvalue weighted by atomic mass is 10.0. The van der Waals surface area contributed by atoms with Crippen molar-refractivity contribution in [3.05, 3.63) is 113 Å². The Hall–Kier alpha value is -6.13. The Bertz CT molecular complexity index is 2220. The van der Waals surface area contributed by atoms with Crippen molar-refractivity contribution in [3.8, 4) is 5.75 Å². The number of carbonyl (C=O) groups excluding carboxylic acids is 3. The Labute approximate surface area is 362 Å². The molecule has 8 N–H and O–H groups in total. The van der Waals surface area contributed by atoms with Gasteiger partial charge in [0.15, 0.2) is 0 Å². The first kappa shape index (κ1) is 46.9. The second kappa shape index (κ2) is 21.6. The van der Waals surface area contributed by atoms with Crippen LogP contribution >= 0.6 is 0 Å². The van der Waals surface area contributed by atoms with Crippen molar-refractivity contribution in [1.82, 2.24) is 24.6 Å². The molecule has 14 nitrogen and oxygen atoms in total. The number of nitrogens with two attached hydrogens (primary N) is 3. The van der Waals surface area contributed by atoms with Gasteiger partial charge in [-0.15, -0.1) is 0 Å². The summed E-state index contributed by atoms with van der Waals surface area (Å²) in [7, 11) is 3.81. The van der Waals surface area contributed by atoms with E-state index < -0.39 is 12.5 Å². The molecule has 3 fully saturated rings. The lowest BCUT2D eigenvalue weighted by Gasteiger charge is -2.32. The number of hydrogen-bond acceptors (Lipinski definition) is 10. The van der Waals surface area contributed by atoms with Crippen molar-refractivity contribution < 1.29 is 33.0 Å². The second-order valence-corrected chi connectivity index (χ2v) is 15.7. The Morgan fingerprint density at radius 1 is 0.984 bits per heavy atom. The first-order chi connectivity index (χ1) is 29.6. The topological polar surface area (TPSA) is 189 Å². The number of benzene rings is 3. The maximum Gasteiger partial charge on any atom is 0.328 e. The zero-order valence-corrected chi connectivity index (χ0v) is 36.2. The van der Waals surface area contributed by atoms with Gasteiger partial charge in [0, 0.05) is 80.1 Å². The van der Waals surface area contributed by atoms with E-state index in [1.54, 1.807) is 72.7 Å². The molecule has 0 radical (unpaired) electrons. The minimum absolute atomic E-state index is 0.112. The van der Waals surface area contributed by atoms with Gasteiger partial charge in [0.2, 0.25) is 5.91 Å². The molecule has 1 aromatic heterocycles. The summed E-state index contributed by atoms with van der Waals surface area (Å²) in [5.74, 6) is -2.95. The number of anilines is 1. The molecule has 0 bridgehead atoms. The molecule has 62 heavy (non-hydrogen) atoms. The van der Waals surface area contributed by atoms with Crippen LogP contribution in [0.3, 0.4) is 0 Å². The van der Waals surface area contributed by atoms with Crippen molar-refractivity contribution in [3.63, 3.8) is 0 Å². The summed E-state index contributed by atoms with van der Waals surface area (Å²) < 4.78 is 33.8. The number of likely N-dealkylation sites (N-methyl/N-ethyl adjacent to an activating group) is 1. The molecule has 3 aliphatic rings. The number of halogens is 2. The van der Waals surface area contributed by atoms with Gasteiger partial charge in [0.25, 0.3) is 11.8 Å². The lowest BCUT2D eigenvalue weighted by Crippen LogP contribution is -2.49. The summed E-state index contributed by atoms with van der Waals surface area (Å²) in [4.78, 5) is 42.8. The number of imide groups is 1. The van der Waals surface area contributed by atoms with E-state index in [2.05, 4.69) is 40.9 Å². The largest absolute Gasteiger partial charge is 0.507 e. The highest BCUT2D eigenvalue weighted by Gasteiger charge is 2.37. The average Bonchev–Trinajstić information content (AvgIpc) is 3.60. The molecule has 16 heteroatoms. The number of aryl methyl sites for hydroxylation is 1. The highest BCUT2D eigenvalue weighted by molar-refractivity contribution is 6.09. The second-order valence-electron chi connectivity index (χ2n) is 15.7. The van der Waals surface area contributed by atoms with Crippen LogP contribution in [0.5, 0.6) is 5.75 Å². The fourth-order valence-electron chi connectivity index (χ4n) is 7.99. The monoisotopic (exact) mass is 857 g/mol. The number of ether oxygens (including phenoxy) is 1. The number of nitrogens with one attached hydrogen (secondary N) is 1. The van der Waals surface area contributed by atoms with Gasteiger partial charge in [0.05, 0.1) is 30.1 Å². The zero-order valence-electron chi connectivity index (χ0n) is 36.2. The highest BCUT2D eigenvalue weighted by Crippen LogP contribution is 2.35. The molecule has 334 valence electrons. The summed E-state index contributed by atoms with van der Waals surface area (Å²) in [5.41, 5.74) is 22.9. The standard InChI is InChI=1S/C19H24N4O2.C15H24N4O2.C12H13F2NO/c1-13-12-15-16(22-11-8-18(24)20-19(22)25)4-3-5-17(15)23(13)14-6-9-21(2)10-7-14;1-3-19(8-9-21-2)13(15(17)18)10-12(16)11-6-4-5-7-14(11)20;13-12(14)7-4-8-15(9-12)11(16)10-5-2-1-3-6-10/h3-5,12,14H,6-11H2,1-2H3,(H,20,24,25);4-7,10,20H,3,8-9,16-18H2,1-2H3;1-3,5-6H,4,7-9H2/b;12-10-;. The summed E-state index contributed by atoms with van der Waals surface area (Å²) in [6, 6.07) is 23.9. The molecule has 0 spiro atoms. The molecule has 4 amide bonds. The van der Waals surface area contributed by atoms with Crippen molar-refractivity contribution in [2.24, 2.45) is 17.2 Å². The molecule has 7 rings (SSSR count). The van der Waals surface area contributed by atoms with Crippen LogP contribution in [0.25, 0.3) is 16.6 Å². The Kier molecular flexibility index (Phi) is 16.3. The average molecular weight is 858 g/mol. The summed E-state index contributed by atoms with van der Waals surface area (Å²) >= 11 is 0. The minimum Gasteiger partial charge on any atom is -0.507 e. The lowest BCUT2D eigenvalue weighted by molar-refractivity contribution is -0.120. The Morgan fingerprint density at radius 2 is 1.68 bits per heavy atom. The van der Waals surface area contributed by atoms with Crippen LogP contribution in [-0.2, 0) is 9.53 Å². The molecule has 3 aromatic carbocycles. The summed E-state index contributed by atoms with van der Waals surface area (Å²) in [6.45, 7) is 8.65. The van der Waals surface area contributed by atoms with E-state index >= 15 is 0 Å². The molecule has 3 saturated heterocycles. The number of methoxy groups -OCH3 is 1. The fraction of sp³-hybridized carbons (Fsp3) is 0.413. The molecule has 0 aliphatic carbocycles. The maximum absolute atomic E-state index is 13.1. The number of rotatable bonds is 10. The number of phenolic OH excluding ortho intramolecular Hbond substituents is 1. The van der Waals surface area contributed by atoms with E-state index in [9.17, 15) is 28.3 Å². The highest BCUT2D eigenvalue weighted by atomic mass is 19.3. The third kappa shape index (κ3) is 12.0. The smallest absolute Gasteiger partial charge is 0.328 e. The molecule has 4 aromatic rings. The number of nitrogens with zero attached hydrogens (tertiary/aromatic N) is 5. The van der Waals surface area contributed by atoms with Gasteiger partial charge in [-0.1, -0.05) is 36.4 Å². The fourth-order valence-corrected chi connectivity index (χ4v) is 7.99. The van der Waals surface area contributed by atoms with E-state index in [0.717, 1.165) is 37.0 Å². The number of likely N-dealkylation sites (tertiary alicyclic amines) is 2. The summed E-state index contributed by atoms with van der Waals surface area (Å²) in [6.07, 6.45) is 4.55. The molecular formula is C46H61F2N9O5. The van der Waals surface area contributed by atoms with Crippen LogP contribution in [0.4, 0.5) is 19.3 Å². The number of hydrogen-bond donors (Lipinski definition) is 5. The van der Waals surface area contributed by atoms with Crippen LogP contribution in [-0.4, -0.2) is 115 Å². The van der Waals surface area contributed by atoms with Gasteiger partial charge in [-0.2, -0.15) is 0 Å². The minimum atomic E-state index is -2.73. The van der Waals surface area contributed by atoms with Crippen LogP contribution < -0.4 is 27.4 Å². The summed E-state index contributed by atoms with van der Waals surface area (Å²) in [5, 5.41) is 13.3. The first-order valence-electron chi connectivity index (χ1n) is 21.0. The molecular weight excluding hydrogens is 797 g/mol. The third-order valence-electron chi connectivity index (χ3n) is 11.2. The number of piperidine rings is 2. The molecule has 0 unspecified atom stereocenters. The van der Waals surface area contributed by atoms with E-state index in [4.69, 9.17) is 21.9 Å².